The largest absolute Gasteiger partial charge is 0.130 e. The van der Waals surface area contributed by atoms with E-state index in [2.05, 4.69) is 24.5 Å². The molecule has 8 heavy (non-hydrogen) atoms. The van der Waals surface area contributed by atoms with Gasteiger partial charge in [0.15, 0.2) is 0 Å². The van der Waals surface area contributed by atoms with E-state index >= 15 is 0 Å². The molecule has 0 aliphatic carbocycles. The van der Waals surface area contributed by atoms with Crippen LogP contribution in [0.25, 0.3) is 0 Å². The lowest BCUT2D eigenvalue weighted by Gasteiger charge is -2.02. The van der Waals surface area contributed by atoms with Gasteiger partial charge in [-0.25, -0.2) is 0 Å². The maximum atomic E-state index is 2.20. The summed E-state index contributed by atoms with van der Waals surface area (Å²) in [7, 11) is 0. The number of hydrogen-bond donors (Lipinski definition) is 0. The molecule has 0 N–H and O–H groups in total. The SMILES string of the molecule is CCC1=CC=CSC1. The smallest absolute Gasteiger partial charge is 0.0187 e. The highest BCUT2D eigenvalue weighted by Crippen LogP contribution is 2.16. The van der Waals surface area contributed by atoms with Crippen LogP contribution in [0, 0.1) is 0 Å². The highest BCUT2D eigenvalue weighted by molar-refractivity contribution is 8.02. The second kappa shape index (κ2) is 2.98. The molecule has 0 nitrogen and oxygen atoms in total. The first-order valence-corrected chi connectivity index (χ1v) is 3.94. The molecule has 1 heterocycles. The van der Waals surface area contributed by atoms with E-state index in [-0.39, 0.29) is 0 Å². The van der Waals surface area contributed by atoms with Crippen LogP contribution in [-0.4, -0.2) is 5.75 Å². The third kappa shape index (κ3) is 1.41. The molecule has 0 aromatic rings. The highest BCUT2D eigenvalue weighted by Gasteiger charge is 1.93. The molecule has 1 aliphatic heterocycles. The van der Waals surface area contributed by atoms with Crippen LogP contribution in [0.4, 0.5) is 0 Å². The van der Waals surface area contributed by atoms with Crippen LogP contribution in [0.3, 0.4) is 0 Å². The van der Waals surface area contributed by atoms with Crippen molar-refractivity contribution in [1.29, 1.82) is 0 Å². The summed E-state index contributed by atoms with van der Waals surface area (Å²) in [5.41, 5.74) is 1.55. The molecule has 0 radical (unpaired) electrons. The van der Waals surface area contributed by atoms with Gasteiger partial charge in [-0.2, -0.15) is 0 Å². The molecule has 0 amide bonds. The van der Waals surface area contributed by atoms with Gasteiger partial charge in [0.25, 0.3) is 0 Å². The maximum Gasteiger partial charge on any atom is 0.0187 e. The number of rotatable bonds is 1. The molecule has 0 unspecified atom stereocenters. The normalized spacial score (nSPS) is 18.4. The molecule has 0 spiro atoms. The van der Waals surface area contributed by atoms with Crippen molar-refractivity contribution in [1.82, 2.24) is 0 Å². The summed E-state index contributed by atoms with van der Waals surface area (Å²) in [4.78, 5) is 0. The van der Waals surface area contributed by atoms with Gasteiger partial charge in [-0.15, -0.1) is 11.8 Å². The zero-order valence-electron chi connectivity index (χ0n) is 5.05. The summed E-state index contributed by atoms with van der Waals surface area (Å²) >= 11 is 1.88. The molecule has 1 rings (SSSR count). The molecule has 0 bridgehead atoms. The second-order valence-corrected chi connectivity index (χ2v) is 2.71. The summed E-state index contributed by atoms with van der Waals surface area (Å²) < 4.78 is 0. The van der Waals surface area contributed by atoms with Crippen molar-refractivity contribution in [3.8, 4) is 0 Å². The van der Waals surface area contributed by atoms with E-state index in [0.29, 0.717) is 0 Å². The molecule has 1 heteroatoms. The Balaban J connectivity index is 2.50. The van der Waals surface area contributed by atoms with E-state index in [0.717, 1.165) is 0 Å². The number of allylic oxidation sites excluding steroid dienone is 2. The Bertz CT molecular complexity index is 122. The summed E-state index contributed by atoms with van der Waals surface area (Å²) in [5.74, 6) is 1.20. The predicted octanol–water partition coefficient (Wildman–Crippen LogP) is 2.58. The zero-order valence-corrected chi connectivity index (χ0v) is 5.87. The average Bonchev–Trinajstić information content (AvgIpc) is 1.90. The van der Waals surface area contributed by atoms with Crippen LogP contribution in [0.15, 0.2) is 23.1 Å². The Morgan fingerprint density at radius 1 is 1.75 bits per heavy atom. The minimum Gasteiger partial charge on any atom is -0.130 e. The summed E-state index contributed by atoms with van der Waals surface area (Å²) in [6, 6.07) is 0. The van der Waals surface area contributed by atoms with E-state index in [1.165, 1.54) is 12.2 Å². The van der Waals surface area contributed by atoms with Gasteiger partial charge >= 0.3 is 0 Å². The van der Waals surface area contributed by atoms with Crippen LogP contribution in [0.1, 0.15) is 13.3 Å². The molecule has 0 saturated heterocycles. The lowest BCUT2D eigenvalue weighted by Crippen LogP contribution is -1.85. The van der Waals surface area contributed by atoms with Crippen molar-refractivity contribution in [2.75, 3.05) is 5.75 Å². The molecule has 0 atom stereocenters. The van der Waals surface area contributed by atoms with Crippen molar-refractivity contribution in [3.63, 3.8) is 0 Å². The van der Waals surface area contributed by atoms with Gasteiger partial charge in [0.2, 0.25) is 0 Å². The standard InChI is InChI=1S/C7H10S/c1-2-7-4-3-5-8-6-7/h3-5H,2,6H2,1H3. The minimum atomic E-state index is 1.20. The molecule has 1 aliphatic rings. The van der Waals surface area contributed by atoms with E-state index in [1.54, 1.807) is 5.57 Å². The van der Waals surface area contributed by atoms with Crippen molar-refractivity contribution in [3.05, 3.63) is 23.1 Å². The van der Waals surface area contributed by atoms with Crippen molar-refractivity contribution < 1.29 is 0 Å². The van der Waals surface area contributed by atoms with Crippen molar-refractivity contribution >= 4 is 11.8 Å². The van der Waals surface area contributed by atoms with E-state index < -0.39 is 0 Å². The number of hydrogen-bond acceptors (Lipinski definition) is 1. The topological polar surface area (TPSA) is 0 Å². The van der Waals surface area contributed by atoms with Crippen LogP contribution in [0.5, 0.6) is 0 Å². The average molecular weight is 126 g/mol. The summed E-state index contributed by atoms with van der Waals surface area (Å²) in [5, 5.41) is 2.14. The fourth-order valence-electron chi connectivity index (χ4n) is 0.654. The minimum absolute atomic E-state index is 1.20. The van der Waals surface area contributed by atoms with Crippen molar-refractivity contribution in [2.24, 2.45) is 0 Å². The quantitative estimate of drug-likeness (QED) is 0.520. The van der Waals surface area contributed by atoms with Gasteiger partial charge in [0.1, 0.15) is 0 Å². The van der Waals surface area contributed by atoms with Crippen LogP contribution in [-0.2, 0) is 0 Å². The van der Waals surface area contributed by atoms with Gasteiger partial charge in [-0.1, -0.05) is 24.6 Å². The fraction of sp³-hybridized carbons (Fsp3) is 0.429. The van der Waals surface area contributed by atoms with E-state index in [9.17, 15) is 0 Å². The Morgan fingerprint density at radius 3 is 3.00 bits per heavy atom. The Kier molecular flexibility index (Phi) is 2.22. The summed E-state index contributed by atoms with van der Waals surface area (Å²) in [6.45, 7) is 2.20. The maximum absolute atomic E-state index is 2.20. The lowest BCUT2D eigenvalue weighted by atomic mass is 10.2. The van der Waals surface area contributed by atoms with Gasteiger partial charge in [0, 0.05) is 5.75 Å². The fourth-order valence-corrected chi connectivity index (χ4v) is 1.45. The molecule has 0 fully saturated rings. The number of thioether (sulfide) groups is 1. The third-order valence-electron chi connectivity index (χ3n) is 1.23. The molecular weight excluding hydrogens is 116 g/mol. The van der Waals surface area contributed by atoms with Gasteiger partial charge in [0.05, 0.1) is 0 Å². The van der Waals surface area contributed by atoms with Gasteiger partial charge < -0.3 is 0 Å². The van der Waals surface area contributed by atoms with Crippen LogP contribution in [0.2, 0.25) is 0 Å². The lowest BCUT2D eigenvalue weighted by molar-refractivity contribution is 1.11. The Hall–Kier alpha value is -0.170. The zero-order chi connectivity index (χ0) is 5.82. The Morgan fingerprint density at radius 2 is 2.62 bits per heavy atom. The van der Waals surface area contributed by atoms with Gasteiger partial charge in [-0.3, -0.25) is 0 Å². The first kappa shape index (κ1) is 5.96. The molecule has 44 valence electrons. The second-order valence-electron chi connectivity index (χ2n) is 1.82. The van der Waals surface area contributed by atoms with Crippen LogP contribution >= 0.6 is 11.8 Å². The van der Waals surface area contributed by atoms with E-state index in [4.69, 9.17) is 0 Å². The predicted molar refractivity (Wildman–Crippen MR) is 40.0 cm³/mol. The molecule has 0 saturated carbocycles. The van der Waals surface area contributed by atoms with Crippen molar-refractivity contribution in [2.45, 2.75) is 13.3 Å². The van der Waals surface area contributed by atoms with E-state index in [1.807, 2.05) is 11.8 Å². The van der Waals surface area contributed by atoms with Crippen LogP contribution < -0.4 is 0 Å². The first-order chi connectivity index (χ1) is 3.93. The first-order valence-electron chi connectivity index (χ1n) is 2.89. The van der Waals surface area contributed by atoms with Gasteiger partial charge in [-0.05, 0) is 11.8 Å². The summed E-state index contributed by atoms with van der Waals surface area (Å²) in [6.07, 6.45) is 5.53. The molecule has 0 aromatic carbocycles. The molecule has 0 aromatic heterocycles. The highest BCUT2D eigenvalue weighted by atomic mass is 32.2. The monoisotopic (exact) mass is 126 g/mol. The Labute approximate surface area is 54.7 Å². The third-order valence-corrected chi connectivity index (χ3v) is 2.12. The molecular formula is C7H10S.